The van der Waals surface area contributed by atoms with Crippen LogP contribution in [-0.2, 0) is 9.53 Å². The third-order valence-corrected chi connectivity index (χ3v) is 1.73. The van der Waals surface area contributed by atoms with Crippen LogP contribution in [0.5, 0.6) is 0 Å². The topological polar surface area (TPSA) is 55.4 Å². The number of rotatable bonds is 4. The van der Waals surface area contributed by atoms with Crippen molar-refractivity contribution in [1.82, 2.24) is 5.32 Å². The van der Waals surface area contributed by atoms with Gasteiger partial charge < -0.3 is 10.1 Å². The zero-order valence-corrected chi connectivity index (χ0v) is 9.82. The lowest BCUT2D eigenvalue weighted by atomic mass is 10.1. The maximum absolute atomic E-state index is 11.2. The molecule has 0 fully saturated rings. The summed E-state index contributed by atoms with van der Waals surface area (Å²) in [5.74, 6) is -0.432. The zero-order chi connectivity index (χ0) is 11.1. The molecule has 0 aliphatic heterocycles. The molecule has 14 heavy (non-hydrogen) atoms. The summed E-state index contributed by atoms with van der Waals surface area (Å²) >= 11 is 0. The Morgan fingerprint density at radius 3 is 2.43 bits per heavy atom. The van der Waals surface area contributed by atoms with Gasteiger partial charge in [-0.15, -0.1) is 0 Å². The first-order chi connectivity index (χ1) is 6.47. The van der Waals surface area contributed by atoms with Gasteiger partial charge in [-0.2, -0.15) is 0 Å². The van der Waals surface area contributed by atoms with Crippen molar-refractivity contribution in [2.75, 3.05) is 7.11 Å². The molecule has 0 aromatic rings. The third kappa shape index (κ3) is 5.70. The van der Waals surface area contributed by atoms with Gasteiger partial charge in [-0.3, -0.25) is 4.79 Å². The van der Waals surface area contributed by atoms with Gasteiger partial charge in [0, 0.05) is 0 Å². The van der Waals surface area contributed by atoms with Crippen molar-refractivity contribution < 1.29 is 14.3 Å². The standard InChI is InChI=1S/C9H16NO3P/c1-6(2)4-5-7(8(11)13-3)10-9(12)14/h4,7H,5,14H2,1-3H3,(H,10,12)/t7-/m0/s1. The van der Waals surface area contributed by atoms with E-state index in [1.807, 2.05) is 29.2 Å². The minimum Gasteiger partial charge on any atom is -0.467 e. The minimum absolute atomic E-state index is 0.317. The lowest BCUT2D eigenvalue weighted by molar-refractivity contribution is -0.142. The Hall–Kier alpha value is -0.890. The summed E-state index contributed by atoms with van der Waals surface area (Å²) in [6.45, 7) is 3.85. The van der Waals surface area contributed by atoms with Crippen LogP contribution in [0.4, 0.5) is 4.79 Å². The molecule has 4 nitrogen and oxygen atoms in total. The maximum atomic E-state index is 11.2. The fourth-order valence-corrected chi connectivity index (χ4v) is 1.08. The molecule has 0 aromatic carbocycles. The number of amides is 1. The predicted octanol–water partition coefficient (Wildman–Crippen LogP) is 1.47. The highest BCUT2D eigenvalue weighted by atomic mass is 31.0. The van der Waals surface area contributed by atoms with Crippen LogP contribution in [0.2, 0.25) is 0 Å². The Morgan fingerprint density at radius 2 is 2.07 bits per heavy atom. The average Bonchev–Trinajstić information content (AvgIpc) is 2.10. The maximum Gasteiger partial charge on any atom is 0.328 e. The molecule has 0 aliphatic rings. The van der Waals surface area contributed by atoms with E-state index in [0.29, 0.717) is 6.42 Å². The van der Waals surface area contributed by atoms with Crippen LogP contribution in [-0.4, -0.2) is 24.8 Å². The summed E-state index contributed by atoms with van der Waals surface area (Å²) in [5.41, 5.74) is 0.777. The number of nitrogens with one attached hydrogen (secondary N) is 1. The van der Waals surface area contributed by atoms with E-state index in [1.165, 1.54) is 7.11 Å². The molecule has 0 rings (SSSR count). The second-order valence-corrected chi connectivity index (χ2v) is 3.63. The van der Waals surface area contributed by atoms with Crippen LogP contribution in [0.1, 0.15) is 20.3 Å². The fraction of sp³-hybridized carbons (Fsp3) is 0.556. The minimum atomic E-state index is -0.597. The first kappa shape index (κ1) is 13.1. The average molecular weight is 217 g/mol. The van der Waals surface area contributed by atoms with E-state index in [9.17, 15) is 9.59 Å². The van der Waals surface area contributed by atoms with E-state index in [2.05, 4.69) is 10.1 Å². The number of methoxy groups -OCH3 is 1. The first-order valence-corrected chi connectivity index (χ1v) is 4.82. The monoisotopic (exact) mass is 217 g/mol. The summed E-state index contributed by atoms with van der Waals surface area (Å²) < 4.78 is 4.55. The van der Waals surface area contributed by atoms with Crippen LogP contribution < -0.4 is 5.32 Å². The SMILES string of the molecule is COC(=O)[C@H](CC=C(C)C)NC(=O)P. The van der Waals surface area contributed by atoms with E-state index in [-0.39, 0.29) is 5.65 Å². The van der Waals surface area contributed by atoms with Crippen LogP contribution in [0.3, 0.4) is 0 Å². The van der Waals surface area contributed by atoms with Gasteiger partial charge in [-0.1, -0.05) is 11.6 Å². The summed E-state index contributed by atoms with van der Waals surface area (Å²) in [6.07, 6.45) is 2.33. The number of allylic oxidation sites excluding steroid dienone is 1. The summed E-state index contributed by atoms with van der Waals surface area (Å²) in [7, 11) is 3.26. The molecule has 1 unspecified atom stereocenters. The molecule has 5 heteroatoms. The molecule has 0 saturated heterocycles. The molecule has 0 aliphatic carbocycles. The van der Waals surface area contributed by atoms with Gasteiger partial charge in [0.15, 0.2) is 0 Å². The second kappa shape index (κ2) is 6.55. The molecule has 1 amide bonds. The zero-order valence-electron chi connectivity index (χ0n) is 8.66. The lowest BCUT2D eigenvalue weighted by Gasteiger charge is -2.13. The molecule has 0 aromatic heterocycles. The highest BCUT2D eigenvalue weighted by Gasteiger charge is 2.18. The lowest BCUT2D eigenvalue weighted by Crippen LogP contribution is -2.38. The highest BCUT2D eigenvalue weighted by molar-refractivity contribution is 7.39. The number of hydrogen-bond donors (Lipinski definition) is 1. The summed E-state index contributed by atoms with van der Waals surface area (Å²) in [4.78, 5) is 21.9. The van der Waals surface area contributed by atoms with Gasteiger partial charge in [-0.05, 0) is 29.5 Å². The van der Waals surface area contributed by atoms with Crippen LogP contribution in [0, 0.1) is 0 Å². The molecule has 0 heterocycles. The Bertz CT molecular complexity index is 246. The van der Waals surface area contributed by atoms with Crippen molar-refractivity contribution >= 4 is 20.9 Å². The van der Waals surface area contributed by atoms with E-state index in [0.717, 1.165) is 5.57 Å². The summed E-state index contributed by atoms with van der Waals surface area (Å²) in [5, 5.41) is 2.49. The molecule has 80 valence electrons. The van der Waals surface area contributed by atoms with Gasteiger partial charge in [-0.25, -0.2) is 4.79 Å². The van der Waals surface area contributed by atoms with Gasteiger partial charge >= 0.3 is 5.97 Å². The van der Waals surface area contributed by atoms with Crippen molar-refractivity contribution in [2.24, 2.45) is 0 Å². The molecule has 0 spiro atoms. The third-order valence-electron chi connectivity index (χ3n) is 1.56. The highest BCUT2D eigenvalue weighted by Crippen LogP contribution is 2.02. The Balaban J connectivity index is 4.32. The van der Waals surface area contributed by atoms with Gasteiger partial charge in [0.2, 0.25) is 5.65 Å². The molecule has 1 N–H and O–H groups in total. The number of hydrogen-bond acceptors (Lipinski definition) is 3. The smallest absolute Gasteiger partial charge is 0.328 e. The normalized spacial score (nSPS) is 11.4. The summed E-state index contributed by atoms with van der Waals surface area (Å²) in [6, 6.07) is -0.597. The van der Waals surface area contributed by atoms with Crippen molar-refractivity contribution in [3.63, 3.8) is 0 Å². The van der Waals surface area contributed by atoms with Gasteiger partial charge in [0.05, 0.1) is 7.11 Å². The quantitative estimate of drug-likeness (QED) is 0.440. The Morgan fingerprint density at radius 1 is 1.50 bits per heavy atom. The Labute approximate surface area is 86.3 Å². The van der Waals surface area contributed by atoms with E-state index in [1.54, 1.807) is 0 Å². The van der Waals surface area contributed by atoms with Crippen LogP contribution in [0.25, 0.3) is 0 Å². The van der Waals surface area contributed by atoms with Crippen molar-refractivity contribution in [2.45, 2.75) is 26.3 Å². The van der Waals surface area contributed by atoms with E-state index >= 15 is 0 Å². The van der Waals surface area contributed by atoms with Crippen molar-refractivity contribution in [3.8, 4) is 0 Å². The largest absolute Gasteiger partial charge is 0.467 e. The number of carbonyl (C=O) groups excluding carboxylic acids is 2. The first-order valence-electron chi connectivity index (χ1n) is 4.24. The van der Waals surface area contributed by atoms with Crippen molar-refractivity contribution in [1.29, 1.82) is 0 Å². The van der Waals surface area contributed by atoms with Crippen molar-refractivity contribution in [3.05, 3.63) is 11.6 Å². The Kier molecular flexibility index (Phi) is 6.13. The second-order valence-electron chi connectivity index (χ2n) is 3.10. The molecule has 0 saturated carbocycles. The van der Waals surface area contributed by atoms with Crippen LogP contribution >= 0.6 is 9.24 Å². The number of ether oxygens (including phenoxy) is 1. The fourth-order valence-electron chi connectivity index (χ4n) is 0.882. The number of esters is 1. The van der Waals surface area contributed by atoms with Crippen LogP contribution in [0.15, 0.2) is 11.6 Å². The molecular weight excluding hydrogens is 201 g/mol. The van der Waals surface area contributed by atoms with E-state index in [4.69, 9.17) is 0 Å². The molecule has 2 atom stereocenters. The van der Waals surface area contributed by atoms with E-state index < -0.39 is 12.0 Å². The number of carbonyl (C=O) groups is 2. The molecule has 0 bridgehead atoms. The molecular formula is C9H16NO3P. The predicted molar refractivity (Wildman–Crippen MR) is 58.1 cm³/mol. The molecule has 0 radical (unpaired) electrons. The van der Waals surface area contributed by atoms with Gasteiger partial charge in [0.1, 0.15) is 6.04 Å². The van der Waals surface area contributed by atoms with Gasteiger partial charge in [0.25, 0.3) is 0 Å².